The van der Waals surface area contributed by atoms with Crippen LogP contribution in [0.3, 0.4) is 0 Å². The van der Waals surface area contributed by atoms with Crippen LogP contribution in [0.15, 0.2) is 5.38 Å². The molecule has 3 N–H and O–H groups in total. The van der Waals surface area contributed by atoms with Crippen LogP contribution in [0.2, 0.25) is 0 Å². The Hall–Kier alpha value is -0.360. The lowest BCUT2D eigenvalue weighted by Gasteiger charge is -2.25. The summed E-state index contributed by atoms with van der Waals surface area (Å²) in [4.78, 5) is 16.6. The third-order valence-electron chi connectivity index (χ3n) is 2.94. The Labute approximate surface area is 137 Å². The zero-order valence-electron chi connectivity index (χ0n) is 12.4. The fraction of sp³-hybridized carbons (Fsp3) is 0.692. The monoisotopic (exact) mass is 341 g/mol. The van der Waals surface area contributed by atoms with E-state index in [0.29, 0.717) is 6.42 Å². The maximum atomic E-state index is 12.1. The molecule has 0 saturated heterocycles. The number of hydrogen-bond acceptors (Lipinski definition) is 4. The molecule has 0 aliphatic carbocycles. The lowest BCUT2D eigenvalue weighted by molar-refractivity contribution is -0.126. The van der Waals surface area contributed by atoms with Gasteiger partial charge in [0.05, 0.1) is 11.6 Å². The molecule has 20 heavy (non-hydrogen) atoms. The predicted octanol–water partition coefficient (Wildman–Crippen LogP) is 3.38. The van der Waals surface area contributed by atoms with E-state index in [1.165, 1.54) is 0 Å². The van der Waals surface area contributed by atoms with Gasteiger partial charge >= 0.3 is 0 Å². The van der Waals surface area contributed by atoms with Crippen molar-refractivity contribution in [3.63, 3.8) is 0 Å². The van der Waals surface area contributed by atoms with Crippen molar-refractivity contribution < 1.29 is 4.79 Å². The lowest BCUT2D eigenvalue weighted by Crippen LogP contribution is -2.52. The Balaban J connectivity index is 0. The number of aromatic nitrogens is 1. The molecule has 0 saturated carbocycles. The molecule has 0 fully saturated rings. The minimum absolute atomic E-state index is 0. The summed E-state index contributed by atoms with van der Waals surface area (Å²) in [6.45, 7) is 7.81. The van der Waals surface area contributed by atoms with Crippen LogP contribution in [-0.4, -0.2) is 16.4 Å². The van der Waals surface area contributed by atoms with E-state index >= 15 is 0 Å². The third kappa shape index (κ3) is 5.95. The molecule has 0 radical (unpaired) electrons. The number of rotatable bonds is 6. The lowest BCUT2D eigenvalue weighted by atomic mass is 9.96. The van der Waals surface area contributed by atoms with Gasteiger partial charge in [-0.3, -0.25) is 4.79 Å². The summed E-state index contributed by atoms with van der Waals surface area (Å²) in [6, 6.07) is -0.0315. The molecule has 0 bridgehead atoms. The molecule has 0 aliphatic rings. The zero-order chi connectivity index (χ0) is 13.8. The minimum Gasteiger partial charge on any atom is -0.345 e. The second-order valence-corrected chi connectivity index (χ2v) is 5.82. The summed E-state index contributed by atoms with van der Waals surface area (Å²) >= 11 is 1.58. The Bertz CT molecular complexity index is 410. The van der Waals surface area contributed by atoms with Crippen LogP contribution >= 0.6 is 36.2 Å². The summed E-state index contributed by atoms with van der Waals surface area (Å²) in [5.74, 6) is -0.0935. The molecular weight excluding hydrogens is 317 g/mol. The number of thiazole rings is 1. The highest BCUT2D eigenvalue weighted by molar-refractivity contribution is 7.09. The minimum atomic E-state index is -0.797. The standard InChI is InChI=1S/C13H23N3OS.2ClH/c1-5-7-13(4,14)12(17)16-10(6-2)11-15-9(3)8-18-11;;/h8,10H,5-7,14H2,1-4H3,(H,16,17);2*1H. The molecule has 0 spiro atoms. The fourth-order valence-corrected chi connectivity index (χ4v) is 2.76. The number of hydrogen-bond donors (Lipinski definition) is 2. The number of carbonyl (C=O) groups excluding carboxylic acids is 1. The number of carbonyl (C=O) groups is 1. The van der Waals surface area contributed by atoms with E-state index in [4.69, 9.17) is 5.73 Å². The maximum Gasteiger partial charge on any atom is 0.240 e. The number of halogens is 2. The number of nitrogens with two attached hydrogens (primary N) is 1. The Morgan fingerprint density at radius 1 is 1.50 bits per heavy atom. The quantitative estimate of drug-likeness (QED) is 0.833. The molecular formula is C13H25Cl2N3OS. The van der Waals surface area contributed by atoms with Gasteiger partial charge in [-0.15, -0.1) is 36.2 Å². The number of aryl methyl sites for hydroxylation is 1. The Kier molecular flexibility index (Phi) is 10.5. The van der Waals surface area contributed by atoms with Crippen molar-refractivity contribution in [2.45, 2.75) is 58.5 Å². The predicted molar refractivity (Wildman–Crippen MR) is 90.0 cm³/mol. The first kappa shape index (κ1) is 21.9. The third-order valence-corrected chi connectivity index (χ3v) is 4.01. The first-order valence-electron chi connectivity index (χ1n) is 6.42. The van der Waals surface area contributed by atoms with E-state index in [-0.39, 0.29) is 36.8 Å². The van der Waals surface area contributed by atoms with Gasteiger partial charge in [-0.25, -0.2) is 4.98 Å². The van der Waals surface area contributed by atoms with E-state index in [1.807, 2.05) is 26.2 Å². The van der Waals surface area contributed by atoms with Crippen molar-refractivity contribution in [1.82, 2.24) is 10.3 Å². The molecule has 2 atom stereocenters. The molecule has 118 valence electrons. The van der Waals surface area contributed by atoms with Gasteiger partial charge in [0, 0.05) is 11.1 Å². The smallest absolute Gasteiger partial charge is 0.240 e. The normalized spacial score (nSPS) is 14.4. The fourth-order valence-electron chi connectivity index (χ4n) is 1.83. The largest absolute Gasteiger partial charge is 0.345 e. The van der Waals surface area contributed by atoms with Crippen LogP contribution in [0.25, 0.3) is 0 Å². The van der Waals surface area contributed by atoms with Crippen LogP contribution in [-0.2, 0) is 4.79 Å². The van der Waals surface area contributed by atoms with Gasteiger partial charge in [0.25, 0.3) is 0 Å². The van der Waals surface area contributed by atoms with Crippen LogP contribution in [0.5, 0.6) is 0 Å². The van der Waals surface area contributed by atoms with Crippen molar-refractivity contribution in [3.8, 4) is 0 Å². The number of amides is 1. The topological polar surface area (TPSA) is 68.0 Å². The number of nitrogens with zero attached hydrogens (tertiary/aromatic N) is 1. The molecule has 0 aromatic carbocycles. The summed E-state index contributed by atoms with van der Waals surface area (Å²) in [5, 5.41) is 5.96. The molecule has 2 unspecified atom stereocenters. The van der Waals surface area contributed by atoms with Gasteiger partial charge in [-0.2, -0.15) is 0 Å². The van der Waals surface area contributed by atoms with E-state index in [0.717, 1.165) is 23.5 Å². The first-order chi connectivity index (χ1) is 8.40. The first-order valence-corrected chi connectivity index (χ1v) is 7.30. The highest BCUT2D eigenvalue weighted by Gasteiger charge is 2.29. The van der Waals surface area contributed by atoms with Crippen LogP contribution in [0, 0.1) is 6.92 Å². The highest BCUT2D eigenvalue weighted by Crippen LogP contribution is 2.22. The highest BCUT2D eigenvalue weighted by atomic mass is 35.5. The van der Waals surface area contributed by atoms with E-state index < -0.39 is 5.54 Å². The van der Waals surface area contributed by atoms with Gasteiger partial charge in [0.2, 0.25) is 5.91 Å². The van der Waals surface area contributed by atoms with E-state index in [1.54, 1.807) is 18.3 Å². The van der Waals surface area contributed by atoms with Crippen molar-refractivity contribution >= 4 is 42.1 Å². The number of nitrogens with one attached hydrogen (secondary N) is 1. The van der Waals surface area contributed by atoms with Crippen molar-refractivity contribution in [2.75, 3.05) is 0 Å². The average molecular weight is 342 g/mol. The summed E-state index contributed by atoms with van der Waals surface area (Å²) < 4.78 is 0. The Morgan fingerprint density at radius 2 is 2.10 bits per heavy atom. The molecule has 0 aliphatic heterocycles. The molecule has 7 heteroatoms. The van der Waals surface area contributed by atoms with Gasteiger partial charge < -0.3 is 11.1 Å². The summed E-state index contributed by atoms with van der Waals surface area (Å²) in [7, 11) is 0. The molecule has 4 nitrogen and oxygen atoms in total. The Morgan fingerprint density at radius 3 is 2.50 bits per heavy atom. The van der Waals surface area contributed by atoms with Crippen molar-refractivity contribution in [2.24, 2.45) is 5.73 Å². The van der Waals surface area contributed by atoms with Gasteiger partial charge in [-0.1, -0.05) is 20.3 Å². The van der Waals surface area contributed by atoms with E-state index in [9.17, 15) is 4.79 Å². The second kappa shape index (κ2) is 9.55. The molecule has 1 rings (SSSR count). The van der Waals surface area contributed by atoms with Crippen molar-refractivity contribution in [3.05, 3.63) is 16.1 Å². The molecule has 1 heterocycles. The van der Waals surface area contributed by atoms with Gasteiger partial charge in [0.15, 0.2) is 0 Å². The van der Waals surface area contributed by atoms with Crippen molar-refractivity contribution in [1.29, 1.82) is 0 Å². The SMILES string of the molecule is CCCC(C)(N)C(=O)NC(CC)c1nc(C)cs1.Cl.Cl. The summed E-state index contributed by atoms with van der Waals surface area (Å²) in [5.41, 5.74) is 6.22. The van der Waals surface area contributed by atoms with Crippen LogP contribution in [0.4, 0.5) is 0 Å². The molecule has 1 amide bonds. The second-order valence-electron chi connectivity index (χ2n) is 4.93. The van der Waals surface area contributed by atoms with E-state index in [2.05, 4.69) is 10.3 Å². The zero-order valence-corrected chi connectivity index (χ0v) is 14.9. The van der Waals surface area contributed by atoms with Gasteiger partial charge in [0.1, 0.15) is 5.01 Å². The molecule has 1 aromatic rings. The maximum absolute atomic E-state index is 12.1. The molecule has 1 aromatic heterocycles. The summed E-state index contributed by atoms with van der Waals surface area (Å²) in [6.07, 6.45) is 2.40. The van der Waals surface area contributed by atoms with Crippen LogP contribution in [0.1, 0.15) is 56.8 Å². The van der Waals surface area contributed by atoms with Gasteiger partial charge in [-0.05, 0) is 26.7 Å². The van der Waals surface area contributed by atoms with Crippen LogP contribution < -0.4 is 11.1 Å². The average Bonchev–Trinajstić information content (AvgIpc) is 2.72.